The molecule has 6 nitrogen and oxygen atoms in total. The number of carbonyl (C=O) groups is 1. The Balaban J connectivity index is 2.15. The van der Waals surface area contributed by atoms with Crippen molar-refractivity contribution in [3.8, 4) is 0 Å². The molecule has 0 aliphatic rings. The molecule has 0 spiro atoms. The van der Waals surface area contributed by atoms with Gasteiger partial charge in [-0.25, -0.2) is 10.8 Å². The summed E-state index contributed by atoms with van der Waals surface area (Å²) in [5.74, 6) is 6.03. The number of nitrogen functional groups attached to an aromatic ring is 1. The molecule has 0 aliphatic carbocycles. The molecule has 1 aromatic heterocycles. The van der Waals surface area contributed by atoms with Crippen LogP contribution < -0.4 is 11.3 Å². The number of ether oxygens (including phenoxy) is 1. The fourth-order valence-corrected chi connectivity index (χ4v) is 1.91. The van der Waals surface area contributed by atoms with Gasteiger partial charge in [0.05, 0.1) is 18.6 Å². The number of imidazole rings is 1. The van der Waals surface area contributed by atoms with E-state index >= 15 is 0 Å². The zero-order chi connectivity index (χ0) is 13.5. The first-order chi connectivity index (χ1) is 9.35. The molecule has 19 heavy (non-hydrogen) atoms. The van der Waals surface area contributed by atoms with Crippen molar-refractivity contribution in [1.29, 1.82) is 0 Å². The van der Waals surface area contributed by atoms with Crippen LogP contribution in [0.3, 0.4) is 0 Å². The average Bonchev–Trinajstić information content (AvgIpc) is 2.83. The molecule has 0 saturated carbocycles. The number of hydrazine groups is 1. The Labute approximate surface area is 111 Å². The maximum atomic E-state index is 10.2. The van der Waals surface area contributed by atoms with Crippen molar-refractivity contribution in [3.63, 3.8) is 0 Å². The van der Waals surface area contributed by atoms with Crippen molar-refractivity contribution < 1.29 is 9.53 Å². The number of nitrogens with two attached hydrogens (primary N) is 1. The van der Waals surface area contributed by atoms with Gasteiger partial charge in [0, 0.05) is 13.0 Å². The normalized spacial score (nSPS) is 10.2. The predicted octanol–water partition coefficient (Wildman–Crippen LogP) is 0.932. The van der Waals surface area contributed by atoms with E-state index in [1.54, 1.807) is 6.33 Å². The van der Waals surface area contributed by atoms with E-state index in [1.807, 2.05) is 34.9 Å². The zero-order valence-corrected chi connectivity index (χ0v) is 10.5. The Kier molecular flexibility index (Phi) is 4.52. The van der Waals surface area contributed by atoms with Gasteiger partial charge in [-0.2, -0.15) is 0 Å². The molecule has 100 valence electrons. The topological polar surface area (TPSA) is 82.2 Å². The fourth-order valence-electron chi connectivity index (χ4n) is 1.91. The van der Waals surface area contributed by atoms with Crippen LogP contribution in [0.1, 0.15) is 11.3 Å². The van der Waals surface area contributed by atoms with Crippen molar-refractivity contribution >= 4 is 12.3 Å². The molecule has 0 amide bonds. The molecule has 0 atom stereocenters. The Morgan fingerprint density at radius 2 is 2.16 bits per heavy atom. The SMILES string of the molecule is NNc1ncn(Cc2ccccc2)c1CCOC=O. The summed E-state index contributed by atoms with van der Waals surface area (Å²) >= 11 is 0. The van der Waals surface area contributed by atoms with E-state index < -0.39 is 0 Å². The van der Waals surface area contributed by atoms with Gasteiger partial charge >= 0.3 is 0 Å². The molecule has 1 aromatic carbocycles. The number of anilines is 1. The lowest BCUT2D eigenvalue weighted by Crippen LogP contribution is -2.13. The van der Waals surface area contributed by atoms with Gasteiger partial charge in [0.15, 0.2) is 5.82 Å². The van der Waals surface area contributed by atoms with Crippen LogP contribution >= 0.6 is 0 Å². The third-order valence-electron chi connectivity index (χ3n) is 2.80. The highest BCUT2D eigenvalue weighted by Crippen LogP contribution is 2.15. The summed E-state index contributed by atoms with van der Waals surface area (Å²) in [6.45, 7) is 1.44. The number of benzene rings is 1. The van der Waals surface area contributed by atoms with Gasteiger partial charge < -0.3 is 14.7 Å². The van der Waals surface area contributed by atoms with Crippen LogP contribution in [0.15, 0.2) is 36.7 Å². The maximum Gasteiger partial charge on any atom is 0.293 e. The second-order valence-electron chi connectivity index (χ2n) is 4.01. The number of carbonyl (C=O) groups excluding carboxylic acids is 1. The molecule has 3 N–H and O–H groups in total. The third-order valence-corrected chi connectivity index (χ3v) is 2.80. The molecule has 1 heterocycles. The highest BCUT2D eigenvalue weighted by Gasteiger charge is 2.10. The number of aromatic nitrogens is 2. The van der Waals surface area contributed by atoms with Gasteiger partial charge in [0.2, 0.25) is 0 Å². The van der Waals surface area contributed by atoms with Gasteiger partial charge in [0.25, 0.3) is 6.47 Å². The van der Waals surface area contributed by atoms with Crippen LogP contribution in [-0.2, 0) is 22.5 Å². The number of hydrogen-bond donors (Lipinski definition) is 2. The first-order valence-electron chi connectivity index (χ1n) is 5.95. The smallest absolute Gasteiger partial charge is 0.293 e. The Morgan fingerprint density at radius 3 is 2.84 bits per heavy atom. The summed E-state index contributed by atoms with van der Waals surface area (Å²) in [7, 11) is 0. The fraction of sp³-hybridized carbons (Fsp3) is 0.231. The predicted molar refractivity (Wildman–Crippen MR) is 71.3 cm³/mol. The van der Waals surface area contributed by atoms with E-state index in [2.05, 4.69) is 10.4 Å². The lowest BCUT2D eigenvalue weighted by molar-refractivity contribution is -0.128. The largest absolute Gasteiger partial charge is 0.467 e. The minimum absolute atomic E-state index is 0.304. The molecule has 2 aromatic rings. The van der Waals surface area contributed by atoms with Crippen LogP contribution in [0.25, 0.3) is 0 Å². The molecule has 2 rings (SSSR count). The number of nitrogens with zero attached hydrogens (tertiary/aromatic N) is 2. The molecule has 0 bridgehead atoms. The standard InChI is InChI=1S/C13H16N4O2/c14-16-13-12(6-7-19-10-18)17(9-15-13)8-11-4-2-1-3-5-11/h1-5,9-10,16H,6-8,14H2. The van der Waals surface area contributed by atoms with Crippen LogP contribution in [0.5, 0.6) is 0 Å². The van der Waals surface area contributed by atoms with Gasteiger partial charge in [-0.15, -0.1) is 0 Å². The van der Waals surface area contributed by atoms with Crippen molar-refractivity contribution in [2.24, 2.45) is 5.84 Å². The van der Waals surface area contributed by atoms with Crippen LogP contribution in [0.2, 0.25) is 0 Å². The second kappa shape index (κ2) is 6.55. The van der Waals surface area contributed by atoms with Crippen molar-refractivity contribution in [2.75, 3.05) is 12.0 Å². The first-order valence-corrected chi connectivity index (χ1v) is 5.95. The third kappa shape index (κ3) is 3.32. The van der Waals surface area contributed by atoms with Gasteiger partial charge in [-0.05, 0) is 5.56 Å². The minimum Gasteiger partial charge on any atom is -0.467 e. The monoisotopic (exact) mass is 260 g/mol. The summed E-state index contributed by atoms with van der Waals surface area (Å²) in [5.41, 5.74) is 4.63. The molecule has 6 heteroatoms. The second-order valence-corrected chi connectivity index (χ2v) is 4.01. The van der Waals surface area contributed by atoms with E-state index in [-0.39, 0.29) is 0 Å². The highest BCUT2D eigenvalue weighted by atomic mass is 16.5. The van der Waals surface area contributed by atoms with E-state index in [9.17, 15) is 4.79 Å². The average molecular weight is 260 g/mol. The number of hydrogen-bond acceptors (Lipinski definition) is 5. The Hall–Kier alpha value is -2.34. The van der Waals surface area contributed by atoms with Crippen molar-refractivity contribution in [2.45, 2.75) is 13.0 Å². The van der Waals surface area contributed by atoms with E-state index in [0.29, 0.717) is 31.9 Å². The Bertz CT molecular complexity index is 525. The molecular formula is C13H16N4O2. The van der Waals surface area contributed by atoms with Gasteiger partial charge in [0.1, 0.15) is 0 Å². The molecule has 0 radical (unpaired) electrons. The Morgan fingerprint density at radius 1 is 1.37 bits per heavy atom. The molecule has 0 aliphatic heterocycles. The summed E-state index contributed by atoms with van der Waals surface area (Å²) in [5, 5.41) is 0. The molecular weight excluding hydrogens is 244 g/mol. The lowest BCUT2D eigenvalue weighted by atomic mass is 10.2. The van der Waals surface area contributed by atoms with Crippen molar-refractivity contribution in [3.05, 3.63) is 47.9 Å². The van der Waals surface area contributed by atoms with Gasteiger partial charge in [-0.3, -0.25) is 4.79 Å². The summed E-state index contributed by atoms with van der Waals surface area (Å²) in [4.78, 5) is 14.4. The van der Waals surface area contributed by atoms with E-state index in [4.69, 9.17) is 10.6 Å². The lowest BCUT2D eigenvalue weighted by Gasteiger charge is -2.09. The summed E-state index contributed by atoms with van der Waals surface area (Å²) < 4.78 is 6.71. The maximum absolute atomic E-state index is 10.2. The minimum atomic E-state index is 0.304. The quantitative estimate of drug-likeness (QED) is 0.335. The first kappa shape index (κ1) is 13.1. The number of rotatable bonds is 7. The molecule has 0 unspecified atom stereocenters. The molecule has 0 saturated heterocycles. The van der Waals surface area contributed by atoms with E-state index in [1.165, 1.54) is 5.56 Å². The highest BCUT2D eigenvalue weighted by molar-refractivity contribution is 5.41. The van der Waals surface area contributed by atoms with Crippen LogP contribution in [0, 0.1) is 0 Å². The summed E-state index contributed by atoms with van der Waals surface area (Å²) in [6, 6.07) is 10.0. The van der Waals surface area contributed by atoms with E-state index in [0.717, 1.165) is 5.69 Å². The number of nitrogens with one attached hydrogen (secondary N) is 1. The zero-order valence-electron chi connectivity index (χ0n) is 10.5. The van der Waals surface area contributed by atoms with Crippen LogP contribution in [0.4, 0.5) is 5.82 Å². The van der Waals surface area contributed by atoms with Crippen molar-refractivity contribution in [1.82, 2.24) is 9.55 Å². The molecule has 0 fully saturated rings. The van der Waals surface area contributed by atoms with Crippen LogP contribution in [-0.4, -0.2) is 22.6 Å². The van der Waals surface area contributed by atoms with Gasteiger partial charge in [-0.1, -0.05) is 30.3 Å². The summed E-state index contributed by atoms with van der Waals surface area (Å²) in [6.07, 6.45) is 2.28.